The van der Waals surface area contributed by atoms with Crippen LogP contribution in [0.3, 0.4) is 0 Å². The largest absolute Gasteiger partial charge is 0.508 e. The van der Waals surface area contributed by atoms with Gasteiger partial charge in [-0.05, 0) is 29.8 Å². The Balaban J connectivity index is 1.49. The van der Waals surface area contributed by atoms with Crippen molar-refractivity contribution in [2.24, 2.45) is 0 Å². The average Bonchev–Trinajstić information content (AvgIpc) is 2.85. The Hall–Kier alpha value is -4.15. The molecule has 5 rings (SSSR count). The predicted octanol–water partition coefficient (Wildman–Crippen LogP) is 2.36. The number of hydrogen-bond donors (Lipinski definition) is 5. The van der Waals surface area contributed by atoms with Crippen LogP contribution in [0.5, 0.6) is 40.2 Å². The number of aliphatic hydroxyl groups is 2. The number of Topliss-reactive ketones (excluding diaryl/α,β-unsaturated/α-hetero) is 1. The van der Waals surface area contributed by atoms with E-state index in [1.165, 1.54) is 19.2 Å². The highest BCUT2D eigenvalue weighted by Crippen LogP contribution is 2.45. The third-order valence-corrected chi connectivity index (χ3v) is 6.00. The molecule has 0 amide bonds. The predicted molar refractivity (Wildman–Crippen MR) is 119 cm³/mol. The minimum Gasteiger partial charge on any atom is -0.508 e. The second kappa shape index (κ2) is 8.57. The van der Waals surface area contributed by atoms with Crippen molar-refractivity contribution in [2.45, 2.75) is 24.4 Å². The minimum atomic E-state index is -1.62. The van der Waals surface area contributed by atoms with Crippen LogP contribution >= 0.6 is 0 Å². The maximum atomic E-state index is 12.7. The summed E-state index contributed by atoms with van der Waals surface area (Å²) < 4.78 is 23.0. The van der Waals surface area contributed by atoms with Crippen LogP contribution in [-0.4, -0.2) is 57.2 Å². The Kier molecular flexibility index (Phi) is 5.54. The van der Waals surface area contributed by atoms with Gasteiger partial charge in [0.15, 0.2) is 47.4 Å². The van der Waals surface area contributed by atoms with E-state index in [4.69, 9.17) is 18.9 Å². The maximum Gasteiger partial charge on any atom is 0.202 e. The molecule has 2 aliphatic rings. The van der Waals surface area contributed by atoms with Crippen LogP contribution in [0.25, 0.3) is 0 Å². The molecule has 182 valence electrons. The number of hydrogen-bond acceptors (Lipinski definition) is 10. The summed E-state index contributed by atoms with van der Waals surface area (Å²) in [6.07, 6.45) is -4.28. The molecule has 0 saturated carbocycles. The summed E-state index contributed by atoms with van der Waals surface area (Å²) in [5, 5.41) is 50.2. The third-order valence-electron chi connectivity index (χ3n) is 6.00. The summed E-state index contributed by atoms with van der Waals surface area (Å²) in [6.45, 7) is -0.349. The fourth-order valence-corrected chi connectivity index (χ4v) is 4.28. The third kappa shape index (κ3) is 3.82. The number of carbonyl (C=O) groups excluding carboxylic acids is 1. The molecule has 2 heterocycles. The van der Waals surface area contributed by atoms with Gasteiger partial charge in [-0.2, -0.15) is 0 Å². The van der Waals surface area contributed by atoms with Gasteiger partial charge in [0, 0.05) is 17.7 Å². The van der Waals surface area contributed by atoms with Gasteiger partial charge in [-0.15, -0.1) is 0 Å². The van der Waals surface area contributed by atoms with Crippen molar-refractivity contribution in [1.29, 1.82) is 0 Å². The van der Waals surface area contributed by atoms with Crippen LogP contribution in [0.15, 0.2) is 48.5 Å². The zero-order chi connectivity index (χ0) is 24.9. The fourth-order valence-electron chi connectivity index (χ4n) is 4.28. The number of rotatable bonds is 4. The van der Waals surface area contributed by atoms with Crippen LogP contribution in [0.4, 0.5) is 0 Å². The Bertz CT molecular complexity index is 1300. The smallest absolute Gasteiger partial charge is 0.202 e. The summed E-state index contributed by atoms with van der Waals surface area (Å²) in [5.41, 5.74) is 0.751. The van der Waals surface area contributed by atoms with Gasteiger partial charge in [-0.3, -0.25) is 4.79 Å². The number of phenolic OH excluding ortho intramolecular Hbond substituents is 3. The molecule has 5 N–H and O–H groups in total. The first-order valence-corrected chi connectivity index (χ1v) is 10.7. The minimum absolute atomic E-state index is 0.0540. The molecule has 0 aromatic heterocycles. The molecule has 10 heteroatoms. The van der Waals surface area contributed by atoms with Crippen molar-refractivity contribution in [3.63, 3.8) is 0 Å². The molecule has 0 bridgehead atoms. The second-order valence-corrected chi connectivity index (χ2v) is 8.20. The lowest BCUT2D eigenvalue weighted by atomic mass is 9.92. The van der Waals surface area contributed by atoms with Crippen LogP contribution in [0.2, 0.25) is 0 Å². The molecule has 0 radical (unpaired) electrons. The number of aromatic hydroxyl groups is 3. The zero-order valence-electron chi connectivity index (χ0n) is 18.4. The highest BCUT2D eigenvalue weighted by atomic mass is 16.6. The maximum absolute atomic E-state index is 12.7. The molecule has 3 aromatic carbocycles. The lowest BCUT2D eigenvalue weighted by Gasteiger charge is -2.35. The van der Waals surface area contributed by atoms with Gasteiger partial charge in [0.05, 0.1) is 13.7 Å². The van der Waals surface area contributed by atoms with E-state index in [1.807, 2.05) is 0 Å². The van der Waals surface area contributed by atoms with Crippen molar-refractivity contribution in [3.05, 3.63) is 65.2 Å². The first kappa shape index (κ1) is 22.6. The molecule has 0 aliphatic carbocycles. The van der Waals surface area contributed by atoms with Gasteiger partial charge in [0.2, 0.25) is 5.78 Å². The Morgan fingerprint density at radius 3 is 2.29 bits per heavy atom. The number of fused-ring (bicyclic) bond motifs is 2. The molecular weight excluding hydrogens is 460 g/mol. The molecule has 0 fully saturated rings. The fraction of sp³-hybridized carbons (Fsp3) is 0.240. The molecule has 35 heavy (non-hydrogen) atoms. The van der Waals surface area contributed by atoms with Crippen LogP contribution in [-0.2, 0) is 0 Å². The van der Waals surface area contributed by atoms with E-state index in [1.54, 1.807) is 30.3 Å². The van der Waals surface area contributed by atoms with Gasteiger partial charge < -0.3 is 44.5 Å². The quantitative estimate of drug-likeness (QED) is 0.374. The first-order valence-electron chi connectivity index (χ1n) is 10.7. The van der Waals surface area contributed by atoms with Crippen LogP contribution < -0.4 is 18.9 Å². The number of benzene rings is 3. The molecular formula is C25H22O10. The summed E-state index contributed by atoms with van der Waals surface area (Å²) in [7, 11) is 1.41. The van der Waals surface area contributed by atoms with Crippen molar-refractivity contribution >= 4 is 5.78 Å². The second-order valence-electron chi connectivity index (χ2n) is 8.20. The van der Waals surface area contributed by atoms with Gasteiger partial charge in [-0.25, -0.2) is 0 Å². The molecule has 0 saturated heterocycles. The first-order chi connectivity index (χ1) is 16.8. The molecule has 2 aliphatic heterocycles. The van der Waals surface area contributed by atoms with E-state index in [2.05, 4.69) is 0 Å². The van der Waals surface area contributed by atoms with Gasteiger partial charge >= 0.3 is 0 Å². The number of ether oxygens (including phenoxy) is 4. The number of ketones is 1. The summed E-state index contributed by atoms with van der Waals surface area (Å²) in [5.74, 6) is -0.823. The summed E-state index contributed by atoms with van der Waals surface area (Å²) >= 11 is 0. The normalized spacial score (nSPS) is 22.8. The molecule has 3 aromatic rings. The van der Waals surface area contributed by atoms with E-state index in [0.29, 0.717) is 16.9 Å². The van der Waals surface area contributed by atoms with E-state index >= 15 is 0 Å². The topological polar surface area (TPSA) is 155 Å². The summed E-state index contributed by atoms with van der Waals surface area (Å²) in [4.78, 5) is 12.7. The number of aliphatic hydroxyl groups excluding tert-OH is 2. The average molecular weight is 482 g/mol. The number of carbonyl (C=O) groups is 1. The van der Waals surface area contributed by atoms with Crippen molar-refractivity contribution in [1.82, 2.24) is 0 Å². The Labute approximate surface area is 199 Å². The molecule has 2 unspecified atom stereocenters. The lowest BCUT2D eigenvalue weighted by molar-refractivity contribution is -0.0130. The lowest BCUT2D eigenvalue weighted by Crippen LogP contribution is -2.37. The van der Waals surface area contributed by atoms with Crippen molar-refractivity contribution in [2.75, 3.05) is 13.7 Å². The van der Waals surface area contributed by atoms with E-state index in [-0.39, 0.29) is 40.9 Å². The van der Waals surface area contributed by atoms with Gasteiger partial charge in [-0.1, -0.05) is 12.1 Å². The Morgan fingerprint density at radius 2 is 1.54 bits per heavy atom. The number of phenols is 3. The van der Waals surface area contributed by atoms with E-state index < -0.39 is 35.9 Å². The molecule has 4 atom stereocenters. The highest BCUT2D eigenvalue weighted by Gasteiger charge is 2.40. The Morgan fingerprint density at radius 1 is 0.829 bits per heavy atom. The van der Waals surface area contributed by atoms with Crippen molar-refractivity contribution < 1.29 is 49.3 Å². The molecule has 0 spiro atoms. The standard InChI is InChI=1S/C25H22O10/c1-32-17-6-11(2-4-14(17)28)24-20(10-26)33-16-5-3-12(7-18(16)34-24)25-23(31)22(30)21-15(29)8-13(27)9-19(21)35-25/h2-9,20,23-29,31H,10H2,1H3/t20?,23-,24-,25?/m0/s1. The monoisotopic (exact) mass is 482 g/mol. The van der Waals surface area contributed by atoms with Crippen LogP contribution in [0.1, 0.15) is 33.7 Å². The SMILES string of the molecule is COc1cc([C@@H]2Oc3cc(C4Oc5cc(O)cc(O)c5C(=O)[C@@H]4O)ccc3OC2CO)ccc1O. The summed E-state index contributed by atoms with van der Waals surface area (Å²) in [6, 6.07) is 11.5. The van der Waals surface area contributed by atoms with Gasteiger partial charge in [0.1, 0.15) is 22.8 Å². The van der Waals surface area contributed by atoms with E-state index in [0.717, 1.165) is 6.07 Å². The van der Waals surface area contributed by atoms with Gasteiger partial charge in [0.25, 0.3) is 0 Å². The van der Waals surface area contributed by atoms with E-state index in [9.17, 15) is 30.3 Å². The highest BCUT2D eigenvalue weighted by molar-refractivity contribution is 6.05. The number of methoxy groups -OCH3 is 1. The van der Waals surface area contributed by atoms with Crippen LogP contribution in [0, 0.1) is 0 Å². The zero-order valence-corrected chi connectivity index (χ0v) is 18.4. The molecule has 10 nitrogen and oxygen atoms in total. The van der Waals surface area contributed by atoms with Crippen molar-refractivity contribution in [3.8, 4) is 40.2 Å².